The molecule has 2 atom stereocenters. The van der Waals surface area contributed by atoms with Crippen LogP contribution in [0.3, 0.4) is 0 Å². The third-order valence-corrected chi connectivity index (χ3v) is 4.67. The van der Waals surface area contributed by atoms with Crippen molar-refractivity contribution in [3.05, 3.63) is 57.2 Å². The van der Waals surface area contributed by atoms with Gasteiger partial charge in [-0.3, -0.25) is 0 Å². The Morgan fingerprint density at radius 3 is 2.64 bits per heavy atom. The summed E-state index contributed by atoms with van der Waals surface area (Å²) in [6.45, 7) is 2.31. The van der Waals surface area contributed by atoms with Crippen molar-refractivity contribution < 1.29 is 9.90 Å². The van der Waals surface area contributed by atoms with Crippen molar-refractivity contribution >= 4 is 29.0 Å². The van der Waals surface area contributed by atoms with Gasteiger partial charge in [-0.15, -0.1) is 11.3 Å². The van der Waals surface area contributed by atoms with E-state index < -0.39 is 6.10 Å². The highest BCUT2D eigenvalue weighted by Gasteiger charge is 2.12. The Balaban J connectivity index is 1.71. The van der Waals surface area contributed by atoms with Crippen molar-refractivity contribution in [3.63, 3.8) is 0 Å². The minimum atomic E-state index is -0.574. The monoisotopic (exact) mass is 338 g/mol. The number of amides is 2. The van der Waals surface area contributed by atoms with Crippen LogP contribution in [0.15, 0.2) is 42.5 Å². The number of carbonyl (C=O) groups is 1. The van der Waals surface area contributed by atoms with Crippen LogP contribution in [0.5, 0.6) is 0 Å². The van der Waals surface area contributed by atoms with E-state index in [1.807, 2.05) is 49.4 Å². The molecule has 0 aliphatic heterocycles. The summed E-state index contributed by atoms with van der Waals surface area (Å²) in [5, 5.41) is 15.6. The molecule has 0 bridgehead atoms. The maximum atomic E-state index is 11.8. The predicted molar refractivity (Wildman–Crippen MR) is 90.3 cm³/mol. The number of carbonyl (C=O) groups excluding carboxylic acids is 1. The lowest BCUT2D eigenvalue weighted by Gasteiger charge is -2.15. The average Bonchev–Trinajstić information content (AvgIpc) is 2.94. The lowest BCUT2D eigenvalue weighted by molar-refractivity contribution is 0.166. The molecule has 0 radical (unpaired) electrons. The van der Waals surface area contributed by atoms with E-state index in [4.69, 9.17) is 11.6 Å². The van der Waals surface area contributed by atoms with Crippen molar-refractivity contribution in [2.45, 2.75) is 25.5 Å². The fourth-order valence-electron chi connectivity index (χ4n) is 2.04. The van der Waals surface area contributed by atoms with Gasteiger partial charge in [0.15, 0.2) is 0 Å². The van der Waals surface area contributed by atoms with Gasteiger partial charge in [0.05, 0.1) is 16.5 Å². The molecule has 2 amide bonds. The molecule has 4 nitrogen and oxygen atoms in total. The number of aliphatic hydroxyl groups excluding tert-OH is 1. The fourth-order valence-corrected chi connectivity index (χ4v) is 3.11. The Morgan fingerprint density at radius 1 is 1.27 bits per heavy atom. The highest BCUT2D eigenvalue weighted by atomic mass is 35.5. The summed E-state index contributed by atoms with van der Waals surface area (Å²) >= 11 is 7.33. The number of thiophene rings is 1. The smallest absolute Gasteiger partial charge is 0.315 e. The average molecular weight is 339 g/mol. The minimum absolute atomic E-state index is 0.100. The third kappa shape index (κ3) is 5.02. The third-order valence-electron chi connectivity index (χ3n) is 3.26. The SMILES string of the molecule is CC(NC(=O)NCCC(O)c1ccccc1)c1ccc(Cl)s1. The molecule has 2 aromatic rings. The summed E-state index contributed by atoms with van der Waals surface area (Å²) in [6, 6.07) is 12.8. The van der Waals surface area contributed by atoms with E-state index in [0.717, 1.165) is 10.4 Å². The van der Waals surface area contributed by atoms with Crippen molar-refractivity contribution in [1.29, 1.82) is 0 Å². The molecule has 0 aliphatic rings. The summed E-state index contributed by atoms with van der Waals surface area (Å²) in [5.41, 5.74) is 0.853. The summed E-state index contributed by atoms with van der Waals surface area (Å²) in [6.07, 6.45) is -0.105. The summed E-state index contributed by atoms with van der Waals surface area (Å²) in [4.78, 5) is 12.8. The normalized spacial score (nSPS) is 13.4. The molecular weight excluding hydrogens is 320 g/mol. The van der Waals surface area contributed by atoms with Crippen LogP contribution >= 0.6 is 22.9 Å². The molecule has 0 aliphatic carbocycles. The van der Waals surface area contributed by atoms with E-state index in [-0.39, 0.29) is 12.1 Å². The van der Waals surface area contributed by atoms with Crippen LogP contribution in [-0.2, 0) is 0 Å². The van der Waals surface area contributed by atoms with Gasteiger partial charge in [-0.25, -0.2) is 4.79 Å². The van der Waals surface area contributed by atoms with Crippen LogP contribution in [0.4, 0.5) is 4.79 Å². The second-order valence-corrected chi connectivity index (χ2v) is 6.73. The second kappa shape index (κ2) is 8.17. The molecule has 6 heteroatoms. The van der Waals surface area contributed by atoms with E-state index in [0.29, 0.717) is 17.3 Å². The number of halogens is 1. The van der Waals surface area contributed by atoms with Crippen LogP contribution < -0.4 is 10.6 Å². The van der Waals surface area contributed by atoms with Crippen molar-refractivity contribution in [2.75, 3.05) is 6.54 Å². The Bertz CT molecular complexity index is 603. The first-order valence-electron chi connectivity index (χ1n) is 7.09. The van der Waals surface area contributed by atoms with Gasteiger partial charge in [0.2, 0.25) is 0 Å². The first-order chi connectivity index (χ1) is 10.6. The van der Waals surface area contributed by atoms with Crippen molar-refractivity contribution in [3.8, 4) is 0 Å². The summed E-state index contributed by atoms with van der Waals surface area (Å²) < 4.78 is 0.704. The molecule has 1 aromatic heterocycles. The van der Waals surface area contributed by atoms with Crippen LogP contribution in [0.25, 0.3) is 0 Å². The fraction of sp³-hybridized carbons (Fsp3) is 0.312. The number of aliphatic hydroxyl groups is 1. The van der Waals surface area contributed by atoms with E-state index in [9.17, 15) is 9.90 Å². The molecule has 22 heavy (non-hydrogen) atoms. The first kappa shape index (κ1) is 16.8. The minimum Gasteiger partial charge on any atom is -0.388 e. The molecule has 0 saturated heterocycles. The largest absolute Gasteiger partial charge is 0.388 e. The van der Waals surface area contributed by atoms with Gasteiger partial charge in [0.25, 0.3) is 0 Å². The zero-order valence-electron chi connectivity index (χ0n) is 12.3. The topological polar surface area (TPSA) is 61.4 Å². The van der Waals surface area contributed by atoms with Gasteiger partial charge in [-0.1, -0.05) is 41.9 Å². The van der Waals surface area contributed by atoms with Gasteiger partial charge in [0.1, 0.15) is 0 Å². The molecule has 2 unspecified atom stereocenters. The van der Waals surface area contributed by atoms with E-state index >= 15 is 0 Å². The molecule has 118 valence electrons. The summed E-state index contributed by atoms with van der Waals surface area (Å²) in [7, 11) is 0. The molecule has 2 rings (SSSR count). The van der Waals surface area contributed by atoms with Gasteiger partial charge in [-0.2, -0.15) is 0 Å². The molecule has 0 spiro atoms. The number of nitrogens with one attached hydrogen (secondary N) is 2. The van der Waals surface area contributed by atoms with Crippen molar-refractivity contribution in [1.82, 2.24) is 10.6 Å². The first-order valence-corrected chi connectivity index (χ1v) is 8.28. The molecule has 0 fully saturated rings. The van der Waals surface area contributed by atoms with Gasteiger partial charge in [0, 0.05) is 11.4 Å². The van der Waals surface area contributed by atoms with Gasteiger partial charge in [-0.05, 0) is 31.0 Å². The lowest BCUT2D eigenvalue weighted by Crippen LogP contribution is -2.37. The van der Waals surface area contributed by atoms with Crippen LogP contribution in [0.2, 0.25) is 4.34 Å². The van der Waals surface area contributed by atoms with Gasteiger partial charge < -0.3 is 15.7 Å². The quantitative estimate of drug-likeness (QED) is 0.748. The highest BCUT2D eigenvalue weighted by Crippen LogP contribution is 2.26. The Morgan fingerprint density at radius 2 is 2.00 bits per heavy atom. The van der Waals surface area contributed by atoms with E-state index in [1.165, 1.54) is 11.3 Å². The maximum absolute atomic E-state index is 11.8. The maximum Gasteiger partial charge on any atom is 0.315 e. The summed E-state index contributed by atoms with van der Waals surface area (Å²) in [5.74, 6) is 0. The molecule has 0 saturated carbocycles. The number of hydrogen-bond acceptors (Lipinski definition) is 3. The number of benzene rings is 1. The van der Waals surface area contributed by atoms with Crippen LogP contribution in [0, 0.1) is 0 Å². The number of hydrogen-bond donors (Lipinski definition) is 3. The molecular formula is C16H19ClN2O2S. The molecule has 1 heterocycles. The molecule has 3 N–H and O–H groups in total. The van der Waals surface area contributed by atoms with Crippen LogP contribution in [-0.4, -0.2) is 17.7 Å². The number of rotatable bonds is 6. The Hall–Kier alpha value is -1.56. The van der Waals surface area contributed by atoms with E-state index in [2.05, 4.69) is 10.6 Å². The Labute approximate surface area is 139 Å². The van der Waals surface area contributed by atoms with Crippen LogP contribution in [0.1, 0.15) is 35.9 Å². The molecule has 1 aromatic carbocycles. The standard InChI is InChI=1S/C16H19ClN2O2S/c1-11(14-7-8-15(17)22-14)19-16(21)18-10-9-13(20)12-5-3-2-4-6-12/h2-8,11,13,20H,9-10H2,1H3,(H2,18,19,21). The number of urea groups is 1. The zero-order chi connectivity index (χ0) is 15.9. The zero-order valence-corrected chi connectivity index (χ0v) is 13.8. The highest BCUT2D eigenvalue weighted by molar-refractivity contribution is 7.16. The lowest BCUT2D eigenvalue weighted by atomic mass is 10.1. The second-order valence-electron chi connectivity index (χ2n) is 4.98. The van der Waals surface area contributed by atoms with E-state index in [1.54, 1.807) is 0 Å². The van der Waals surface area contributed by atoms with Crippen molar-refractivity contribution in [2.24, 2.45) is 0 Å². The van der Waals surface area contributed by atoms with Gasteiger partial charge >= 0.3 is 6.03 Å². The predicted octanol–water partition coefficient (Wildman–Crippen LogP) is 3.89. The Kier molecular flexibility index (Phi) is 6.24.